The minimum absolute atomic E-state index is 1.05. The predicted octanol–water partition coefficient (Wildman–Crippen LogP) is 4.70. The normalized spacial score (nSPS) is 21.6. The van der Waals surface area contributed by atoms with E-state index in [1.807, 2.05) is 0 Å². The van der Waals surface area contributed by atoms with Gasteiger partial charge >= 0.3 is 0 Å². The molecule has 0 aromatic heterocycles. The van der Waals surface area contributed by atoms with Crippen molar-refractivity contribution in [1.29, 1.82) is 0 Å². The summed E-state index contributed by atoms with van der Waals surface area (Å²) in [5.74, 6) is 0. The second kappa shape index (κ2) is 4.97. The van der Waals surface area contributed by atoms with Gasteiger partial charge in [0.25, 0.3) is 0 Å². The van der Waals surface area contributed by atoms with Crippen molar-refractivity contribution < 1.29 is 0 Å². The van der Waals surface area contributed by atoms with E-state index in [4.69, 9.17) is 0 Å². The number of hydrogen-bond donors (Lipinski definition) is 0. The van der Waals surface area contributed by atoms with Crippen molar-refractivity contribution in [3.8, 4) is 0 Å². The Hall–Kier alpha value is -0.303. The Morgan fingerprint density at radius 2 is 1.79 bits per heavy atom. The van der Waals surface area contributed by atoms with E-state index in [0.717, 1.165) is 0 Å². The van der Waals surface area contributed by atoms with Crippen molar-refractivity contribution in [2.75, 3.05) is 0 Å². The van der Waals surface area contributed by atoms with E-state index < -0.39 is 8.07 Å². The summed E-state index contributed by atoms with van der Waals surface area (Å²) in [5.41, 5.74) is 5.67. The molecule has 1 rings (SSSR count). The van der Waals surface area contributed by atoms with Crippen LogP contribution in [-0.4, -0.2) is 8.07 Å². The van der Waals surface area contributed by atoms with Crippen molar-refractivity contribution >= 4 is 8.07 Å². The standard InChI is InChI=1S/C13H24Si/c1-5-14(4,6-2)11-13-10-8-7-9-12(13)3/h11H,3,5-10H2,1-2,4H3/b13-11-. The summed E-state index contributed by atoms with van der Waals surface area (Å²) in [6.45, 7) is 11.4. The molecule has 14 heavy (non-hydrogen) atoms. The highest BCUT2D eigenvalue weighted by Crippen LogP contribution is 2.30. The molecule has 1 heteroatoms. The molecule has 0 N–H and O–H groups in total. The Morgan fingerprint density at radius 3 is 2.29 bits per heavy atom. The molecular formula is C13H24Si. The first-order valence-electron chi connectivity index (χ1n) is 6.01. The van der Waals surface area contributed by atoms with Gasteiger partial charge in [0, 0.05) is 0 Å². The van der Waals surface area contributed by atoms with E-state index in [-0.39, 0.29) is 0 Å². The van der Waals surface area contributed by atoms with Crippen molar-refractivity contribution in [3.63, 3.8) is 0 Å². The topological polar surface area (TPSA) is 0 Å². The Balaban J connectivity index is 2.78. The molecular weight excluding hydrogens is 184 g/mol. The maximum Gasteiger partial charge on any atom is 0.0746 e. The lowest BCUT2D eigenvalue weighted by molar-refractivity contribution is 0.681. The molecule has 0 aromatic carbocycles. The molecule has 1 aliphatic rings. The maximum atomic E-state index is 4.20. The fourth-order valence-corrected chi connectivity index (χ4v) is 4.14. The van der Waals surface area contributed by atoms with E-state index >= 15 is 0 Å². The van der Waals surface area contributed by atoms with E-state index in [2.05, 4.69) is 32.7 Å². The van der Waals surface area contributed by atoms with Gasteiger partial charge in [-0.3, -0.25) is 0 Å². The molecule has 1 saturated carbocycles. The highest BCUT2D eigenvalue weighted by Gasteiger charge is 2.21. The smallest absolute Gasteiger partial charge is 0.0746 e. The molecule has 1 fully saturated rings. The Labute approximate surface area is 90.1 Å². The number of hydrogen-bond acceptors (Lipinski definition) is 0. The van der Waals surface area contributed by atoms with Crippen LogP contribution in [0.1, 0.15) is 39.5 Å². The lowest BCUT2D eigenvalue weighted by Crippen LogP contribution is -2.26. The Kier molecular flexibility index (Phi) is 4.18. The molecule has 0 atom stereocenters. The number of rotatable bonds is 3. The first-order chi connectivity index (χ1) is 6.61. The largest absolute Gasteiger partial charge is 0.0956 e. The van der Waals surface area contributed by atoms with Gasteiger partial charge < -0.3 is 0 Å². The summed E-state index contributed by atoms with van der Waals surface area (Å²) in [7, 11) is -1.05. The first-order valence-corrected chi connectivity index (χ1v) is 9.00. The third-order valence-corrected chi connectivity index (χ3v) is 8.04. The molecule has 0 amide bonds. The molecule has 0 heterocycles. The van der Waals surface area contributed by atoms with Gasteiger partial charge in [0.15, 0.2) is 0 Å². The average Bonchev–Trinajstić information content (AvgIpc) is 2.21. The highest BCUT2D eigenvalue weighted by atomic mass is 28.3. The van der Waals surface area contributed by atoms with Crippen LogP contribution in [0.4, 0.5) is 0 Å². The van der Waals surface area contributed by atoms with Crippen LogP contribution >= 0.6 is 0 Å². The van der Waals surface area contributed by atoms with Crippen molar-refractivity contribution in [2.45, 2.75) is 58.2 Å². The average molecular weight is 208 g/mol. The second-order valence-corrected chi connectivity index (χ2v) is 9.85. The van der Waals surface area contributed by atoms with Gasteiger partial charge in [-0.1, -0.05) is 55.9 Å². The van der Waals surface area contributed by atoms with Crippen LogP contribution in [0.15, 0.2) is 23.4 Å². The van der Waals surface area contributed by atoms with E-state index in [9.17, 15) is 0 Å². The summed E-state index contributed by atoms with van der Waals surface area (Å²) in [6, 6.07) is 2.75. The van der Waals surface area contributed by atoms with Crippen LogP contribution < -0.4 is 0 Å². The Morgan fingerprint density at radius 1 is 1.21 bits per heavy atom. The van der Waals surface area contributed by atoms with Gasteiger partial charge in [-0.25, -0.2) is 0 Å². The molecule has 0 saturated heterocycles. The van der Waals surface area contributed by atoms with Crippen LogP contribution in [-0.2, 0) is 0 Å². The Bertz CT molecular complexity index is 234. The molecule has 0 aromatic rings. The first kappa shape index (κ1) is 11.8. The molecule has 0 radical (unpaired) electrons. The summed E-state index contributed by atoms with van der Waals surface area (Å²) >= 11 is 0. The second-order valence-electron chi connectivity index (χ2n) is 4.84. The molecule has 80 valence electrons. The van der Waals surface area contributed by atoms with Gasteiger partial charge in [-0.15, -0.1) is 0 Å². The number of allylic oxidation sites excluding steroid dienone is 2. The van der Waals surface area contributed by atoms with Crippen LogP contribution in [0.25, 0.3) is 0 Å². The molecule has 0 nitrogen and oxygen atoms in total. The van der Waals surface area contributed by atoms with Crippen LogP contribution in [0.5, 0.6) is 0 Å². The third-order valence-electron chi connectivity index (χ3n) is 3.77. The zero-order valence-corrected chi connectivity index (χ0v) is 11.0. The molecule has 1 aliphatic carbocycles. The van der Waals surface area contributed by atoms with E-state index in [1.165, 1.54) is 43.3 Å². The molecule has 0 bridgehead atoms. The van der Waals surface area contributed by atoms with E-state index in [1.54, 1.807) is 5.57 Å². The van der Waals surface area contributed by atoms with Gasteiger partial charge in [-0.05, 0) is 25.7 Å². The summed E-state index contributed by atoms with van der Waals surface area (Å²) in [5, 5.41) is 0. The fourth-order valence-electron chi connectivity index (χ4n) is 2.04. The van der Waals surface area contributed by atoms with Crippen LogP contribution in [0.3, 0.4) is 0 Å². The monoisotopic (exact) mass is 208 g/mol. The molecule has 0 unspecified atom stereocenters. The zero-order chi connectivity index (χ0) is 10.6. The lowest BCUT2D eigenvalue weighted by atomic mass is 9.92. The summed E-state index contributed by atoms with van der Waals surface area (Å²) in [4.78, 5) is 0. The summed E-state index contributed by atoms with van der Waals surface area (Å²) in [6.07, 6.45) is 5.26. The maximum absolute atomic E-state index is 4.20. The lowest BCUT2D eigenvalue weighted by Gasteiger charge is -2.25. The zero-order valence-electron chi connectivity index (χ0n) is 10.0. The van der Waals surface area contributed by atoms with Gasteiger partial charge in [-0.2, -0.15) is 0 Å². The minimum Gasteiger partial charge on any atom is -0.0956 e. The summed E-state index contributed by atoms with van der Waals surface area (Å²) < 4.78 is 0. The molecule has 0 spiro atoms. The van der Waals surface area contributed by atoms with Crippen molar-refractivity contribution in [1.82, 2.24) is 0 Å². The predicted molar refractivity (Wildman–Crippen MR) is 68.3 cm³/mol. The van der Waals surface area contributed by atoms with Gasteiger partial charge in [0.05, 0.1) is 8.07 Å². The quantitative estimate of drug-likeness (QED) is 0.590. The van der Waals surface area contributed by atoms with Gasteiger partial charge in [0.2, 0.25) is 0 Å². The molecule has 0 aliphatic heterocycles. The van der Waals surface area contributed by atoms with Crippen LogP contribution in [0, 0.1) is 0 Å². The SMILES string of the molecule is C=C1CCCC/C1=C/[Si](C)(CC)CC. The van der Waals surface area contributed by atoms with Crippen LogP contribution in [0.2, 0.25) is 18.6 Å². The highest BCUT2D eigenvalue weighted by molar-refractivity contribution is 6.83. The fraction of sp³-hybridized carbons (Fsp3) is 0.692. The third kappa shape index (κ3) is 2.84. The van der Waals surface area contributed by atoms with Gasteiger partial charge in [0.1, 0.15) is 0 Å². The van der Waals surface area contributed by atoms with E-state index in [0.29, 0.717) is 0 Å². The van der Waals surface area contributed by atoms with Crippen molar-refractivity contribution in [3.05, 3.63) is 23.4 Å². The van der Waals surface area contributed by atoms with Crippen molar-refractivity contribution in [2.24, 2.45) is 0 Å². The minimum atomic E-state index is -1.05.